The summed E-state index contributed by atoms with van der Waals surface area (Å²) >= 11 is 0. The molecule has 6 atom stereocenters. The van der Waals surface area contributed by atoms with Crippen LogP contribution in [-0.2, 0) is 28.5 Å². The lowest BCUT2D eigenvalue weighted by Crippen LogP contribution is -2.24. The number of carbonyl (C=O) groups is 2. The monoisotopic (exact) mass is 356 g/mol. The van der Waals surface area contributed by atoms with Crippen LogP contribution in [0.25, 0.3) is 0 Å². The molecule has 6 heteroatoms. The predicted octanol–water partition coefficient (Wildman–Crippen LogP) is 2.87. The average molecular weight is 356 g/mol. The van der Waals surface area contributed by atoms with Gasteiger partial charge in [0.1, 0.15) is 6.42 Å². The van der Waals surface area contributed by atoms with E-state index in [1.807, 2.05) is 0 Å². The van der Waals surface area contributed by atoms with Gasteiger partial charge >= 0.3 is 11.9 Å². The Hall–Kier alpha value is -1.14. The molecule has 4 fully saturated rings. The van der Waals surface area contributed by atoms with Gasteiger partial charge in [0.2, 0.25) is 0 Å². The van der Waals surface area contributed by atoms with Crippen molar-refractivity contribution in [3.05, 3.63) is 0 Å². The first-order valence-electron chi connectivity index (χ1n) is 8.79. The van der Waals surface area contributed by atoms with Gasteiger partial charge < -0.3 is 18.9 Å². The lowest BCUT2D eigenvalue weighted by atomic mass is 9.90. The fraction of sp³-hybridized carbons (Fsp3) is 0.895. The van der Waals surface area contributed by atoms with E-state index in [1.165, 1.54) is 0 Å². The molecule has 6 unspecified atom stereocenters. The maximum atomic E-state index is 11.7. The number of epoxide rings is 2. The zero-order valence-electron chi connectivity index (χ0n) is 13.3. The Balaban J connectivity index is 0.00000113. The van der Waals surface area contributed by atoms with Crippen molar-refractivity contribution in [1.82, 2.24) is 0 Å². The molecule has 0 bridgehead atoms. The molecule has 4 aliphatic rings. The van der Waals surface area contributed by atoms with Gasteiger partial charge in [0.25, 0.3) is 0 Å². The van der Waals surface area contributed by atoms with Gasteiger partial charge in [-0.2, -0.15) is 0 Å². The molecule has 144 valence electrons. The molecular formula is C19H32O6. The molecule has 2 aliphatic heterocycles. The van der Waals surface area contributed by atoms with Crippen LogP contribution in [0, 0.1) is 11.8 Å². The maximum absolute atomic E-state index is 11.7. The Morgan fingerprint density at radius 1 is 0.720 bits per heavy atom. The van der Waals surface area contributed by atoms with E-state index in [0.29, 0.717) is 49.5 Å². The minimum atomic E-state index is -0.483. The van der Waals surface area contributed by atoms with E-state index in [2.05, 4.69) is 0 Å². The van der Waals surface area contributed by atoms with Crippen LogP contribution in [0.5, 0.6) is 0 Å². The smallest absolute Gasteiger partial charge is 0.317 e. The minimum absolute atomic E-state index is 0. The zero-order valence-corrected chi connectivity index (χ0v) is 13.3. The van der Waals surface area contributed by atoms with Gasteiger partial charge in [0, 0.05) is 0 Å². The van der Waals surface area contributed by atoms with Crippen LogP contribution < -0.4 is 0 Å². The molecule has 0 aromatic carbocycles. The van der Waals surface area contributed by atoms with Crippen LogP contribution in [0.2, 0.25) is 0 Å². The molecule has 25 heavy (non-hydrogen) atoms. The van der Waals surface area contributed by atoms with Crippen LogP contribution >= 0.6 is 0 Å². The van der Waals surface area contributed by atoms with Crippen molar-refractivity contribution in [3.8, 4) is 0 Å². The summed E-state index contributed by atoms with van der Waals surface area (Å²) in [6.45, 7) is 0.781. The Bertz CT molecular complexity index is 437. The summed E-state index contributed by atoms with van der Waals surface area (Å²) in [6, 6.07) is 0. The maximum Gasteiger partial charge on any atom is 0.317 e. The van der Waals surface area contributed by atoms with Crippen LogP contribution in [0.1, 0.15) is 59.8 Å². The fourth-order valence-electron chi connectivity index (χ4n) is 3.92. The minimum Gasteiger partial charge on any atom is -0.465 e. The molecule has 6 nitrogen and oxygen atoms in total. The second-order valence-corrected chi connectivity index (χ2v) is 7.33. The first-order chi connectivity index (χ1) is 11.2. The third-order valence-corrected chi connectivity index (χ3v) is 5.47. The largest absolute Gasteiger partial charge is 0.465 e. The highest BCUT2D eigenvalue weighted by Crippen LogP contribution is 2.40. The van der Waals surface area contributed by atoms with Crippen LogP contribution in [-0.4, -0.2) is 49.6 Å². The van der Waals surface area contributed by atoms with Crippen molar-refractivity contribution in [3.63, 3.8) is 0 Å². The van der Waals surface area contributed by atoms with Gasteiger partial charge in [-0.25, -0.2) is 0 Å². The molecule has 0 radical (unpaired) electrons. The van der Waals surface area contributed by atoms with Gasteiger partial charge in [0.15, 0.2) is 0 Å². The molecule has 0 aromatic heterocycles. The Morgan fingerprint density at radius 2 is 1.16 bits per heavy atom. The molecule has 0 N–H and O–H groups in total. The van der Waals surface area contributed by atoms with Crippen molar-refractivity contribution >= 4 is 11.9 Å². The third kappa shape index (κ3) is 5.42. The summed E-state index contributed by atoms with van der Waals surface area (Å²) in [5.41, 5.74) is 0. The van der Waals surface area contributed by atoms with Gasteiger partial charge in [-0.1, -0.05) is 14.9 Å². The number of fused-ring (bicyclic) bond motifs is 2. The normalized spacial score (nSPS) is 37.3. The van der Waals surface area contributed by atoms with E-state index in [1.54, 1.807) is 0 Å². The summed E-state index contributed by atoms with van der Waals surface area (Å²) in [7, 11) is 0. The van der Waals surface area contributed by atoms with E-state index >= 15 is 0 Å². The quantitative estimate of drug-likeness (QED) is 0.414. The molecule has 0 aromatic rings. The number of esters is 2. The molecular weight excluding hydrogens is 324 g/mol. The molecule has 2 aliphatic carbocycles. The van der Waals surface area contributed by atoms with E-state index in [-0.39, 0.29) is 21.3 Å². The molecule has 2 saturated heterocycles. The third-order valence-electron chi connectivity index (χ3n) is 5.47. The summed E-state index contributed by atoms with van der Waals surface area (Å²) < 4.78 is 21.4. The van der Waals surface area contributed by atoms with Crippen molar-refractivity contribution < 1.29 is 28.5 Å². The number of hydrogen-bond donors (Lipinski definition) is 0. The number of ether oxygens (including phenoxy) is 4. The summed E-state index contributed by atoms with van der Waals surface area (Å²) in [6.07, 6.45) is 7.49. The van der Waals surface area contributed by atoms with Gasteiger partial charge in [-0.3, -0.25) is 9.59 Å². The van der Waals surface area contributed by atoms with Crippen LogP contribution in [0.4, 0.5) is 0 Å². The van der Waals surface area contributed by atoms with Crippen molar-refractivity contribution in [2.45, 2.75) is 84.2 Å². The van der Waals surface area contributed by atoms with Gasteiger partial charge in [-0.15, -0.1) is 0 Å². The van der Waals surface area contributed by atoms with Crippen LogP contribution in [0.3, 0.4) is 0 Å². The predicted molar refractivity (Wildman–Crippen MR) is 92.0 cm³/mol. The van der Waals surface area contributed by atoms with Crippen molar-refractivity contribution in [2.24, 2.45) is 11.8 Å². The highest BCUT2D eigenvalue weighted by molar-refractivity contribution is 5.91. The Kier molecular flexibility index (Phi) is 6.86. The fourth-order valence-corrected chi connectivity index (χ4v) is 3.92. The molecule has 2 heterocycles. The number of hydrogen-bond acceptors (Lipinski definition) is 6. The summed E-state index contributed by atoms with van der Waals surface area (Å²) in [5, 5.41) is 0. The van der Waals surface area contributed by atoms with Crippen molar-refractivity contribution in [2.75, 3.05) is 13.2 Å². The standard InChI is InChI=1S/C17H24O6.2CH4/c18-16(20-8-10-1-3-12-14(5-10)22-12)7-17(19)21-9-11-2-4-13-15(6-11)23-13;;/h10-15H,1-9H2;2*1H4. The average Bonchev–Trinajstić information content (AvgIpc) is 3.43. The van der Waals surface area contributed by atoms with E-state index in [0.717, 1.165) is 38.5 Å². The lowest BCUT2D eigenvalue weighted by Gasteiger charge is -2.19. The van der Waals surface area contributed by atoms with E-state index < -0.39 is 11.9 Å². The second kappa shape index (κ2) is 8.49. The summed E-state index contributed by atoms with van der Waals surface area (Å²) in [5.74, 6) is -0.231. The SMILES string of the molecule is C.C.O=C(CC(=O)OCC1CCC2OC2C1)OCC1CCC2OC2C1. The van der Waals surface area contributed by atoms with E-state index in [4.69, 9.17) is 18.9 Å². The zero-order chi connectivity index (χ0) is 15.8. The lowest BCUT2D eigenvalue weighted by molar-refractivity contribution is -0.156. The number of rotatable bonds is 6. The first-order valence-corrected chi connectivity index (χ1v) is 8.79. The van der Waals surface area contributed by atoms with Crippen LogP contribution in [0.15, 0.2) is 0 Å². The Morgan fingerprint density at radius 3 is 1.56 bits per heavy atom. The van der Waals surface area contributed by atoms with E-state index in [9.17, 15) is 9.59 Å². The number of carbonyl (C=O) groups excluding carboxylic acids is 2. The first kappa shape index (κ1) is 20.2. The molecule has 2 saturated carbocycles. The second-order valence-electron chi connectivity index (χ2n) is 7.33. The highest BCUT2D eigenvalue weighted by atomic mass is 16.6. The molecule has 0 spiro atoms. The van der Waals surface area contributed by atoms with Gasteiger partial charge in [0.05, 0.1) is 37.6 Å². The highest BCUT2D eigenvalue weighted by Gasteiger charge is 2.44. The Labute approximate surface area is 150 Å². The van der Waals surface area contributed by atoms with Gasteiger partial charge in [-0.05, 0) is 50.4 Å². The molecule has 4 rings (SSSR count). The topological polar surface area (TPSA) is 77.7 Å². The summed E-state index contributed by atoms with van der Waals surface area (Å²) in [4.78, 5) is 23.4. The van der Waals surface area contributed by atoms with Crippen molar-refractivity contribution in [1.29, 1.82) is 0 Å². The molecule has 0 amide bonds.